The third-order valence-electron chi connectivity index (χ3n) is 4.64. The second kappa shape index (κ2) is 4.84. The predicted octanol–water partition coefficient (Wildman–Crippen LogP) is 3.26. The number of hydrogen-bond donors (Lipinski definition) is 3. The first kappa shape index (κ1) is 14.3. The molecule has 0 fully saturated rings. The van der Waals surface area contributed by atoms with Gasteiger partial charge in [0.1, 0.15) is 5.75 Å². The SMILES string of the molecule is CC1(c2c(CP)[nH]c3ccccc23)NC(=O)c2ccc(O)cc21. The Bertz CT molecular complexity index is 947. The van der Waals surface area contributed by atoms with E-state index in [9.17, 15) is 9.90 Å². The van der Waals surface area contributed by atoms with Crippen molar-refractivity contribution >= 4 is 26.0 Å². The lowest BCUT2D eigenvalue weighted by Crippen LogP contribution is -2.38. The third kappa shape index (κ3) is 1.91. The van der Waals surface area contributed by atoms with Crippen LogP contribution in [0.15, 0.2) is 42.5 Å². The molecule has 0 saturated heterocycles. The van der Waals surface area contributed by atoms with Crippen LogP contribution in [0.5, 0.6) is 5.75 Å². The predicted molar refractivity (Wildman–Crippen MR) is 93.7 cm³/mol. The lowest BCUT2D eigenvalue weighted by Gasteiger charge is -2.27. The molecule has 4 rings (SSSR count). The molecule has 2 atom stereocenters. The number of rotatable bonds is 2. The van der Waals surface area contributed by atoms with Crippen LogP contribution in [0.1, 0.15) is 34.1 Å². The van der Waals surface area contributed by atoms with Gasteiger partial charge >= 0.3 is 0 Å². The van der Waals surface area contributed by atoms with Crippen molar-refractivity contribution in [1.29, 1.82) is 0 Å². The minimum Gasteiger partial charge on any atom is -0.508 e. The molecule has 2 aromatic carbocycles. The molecule has 0 saturated carbocycles. The van der Waals surface area contributed by atoms with Crippen LogP contribution < -0.4 is 5.32 Å². The van der Waals surface area contributed by atoms with Gasteiger partial charge in [0.25, 0.3) is 5.91 Å². The molecule has 1 aromatic heterocycles. The van der Waals surface area contributed by atoms with Gasteiger partial charge in [-0.15, -0.1) is 9.24 Å². The maximum atomic E-state index is 12.4. The van der Waals surface area contributed by atoms with E-state index in [-0.39, 0.29) is 11.7 Å². The molecule has 1 amide bonds. The van der Waals surface area contributed by atoms with E-state index in [1.54, 1.807) is 18.2 Å². The van der Waals surface area contributed by atoms with Crippen molar-refractivity contribution in [1.82, 2.24) is 10.3 Å². The first-order valence-electron chi connectivity index (χ1n) is 7.50. The molecule has 2 unspecified atom stereocenters. The second-order valence-electron chi connectivity index (χ2n) is 6.04. The highest BCUT2D eigenvalue weighted by molar-refractivity contribution is 7.15. The lowest BCUT2D eigenvalue weighted by atomic mass is 9.83. The molecule has 2 heterocycles. The van der Waals surface area contributed by atoms with Crippen LogP contribution in [0.2, 0.25) is 0 Å². The molecular formula is C18H17N2O2P. The van der Waals surface area contributed by atoms with E-state index < -0.39 is 5.54 Å². The molecule has 0 radical (unpaired) electrons. The number of nitrogens with one attached hydrogen (secondary N) is 2. The lowest BCUT2D eigenvalue weighted by molar-refractivity contribution is 0.0945. The third-order valence-corrected chi connectivity index (χ3v) is 5.05. The number of amides is 1. The van der Waals surface area contributed by atoms with Gasteiger partial charge in [-0.25, -0.2) is 0 Å². The standard InChI is InChI=1S/C18H17N2O2P/c1-18(13-8-10(21)6-7-11(13)17(22)20-18)16-12-4-2-3-5-14(12)19-15(16)9-23/h2-8,19,21H,9,23H2,1H3,(H,20,22). The van der Waals surface area contributed by atoms with Crippen molar-refractivity contribution in [2.45, 2.75) is 18.6 Å². The second-order valence-corrected chi connectivity index (χ2v) is 6.45. The van der Waals surface area contributed by atoms with Crippen LogP contribution in [0, 0.1) is 0 Å². The molecule has 1 aliphatic heterocycles. The summed E-state index contributed by atoms with van der Waals surface area (Å²) in [5.74, 6) is 0.0567. The smallest absolute Gasteiger partial charge is 0.252 e. The molecule has 4 nitrogen and oxygen atoms in total. The Kier molecular flexibility index (Phi) is 3.00. The minimum atomic E-state index is -0.670. The van der Waals surface area contributed by atoms with Gasteiger partial charge in [-0.1, -0.05) is 18.2 Å². The molecular weight excluding hydrogens is 307 g/mol. The van der Waals surface area contributed by atoms with E-state index in [0.717, 1.165) is 33.9 Å². The number of aromatic nitrogens is 1. The molecule has 3 N–H and O–H groups in total. The van der Waals surface area contributed by atoms with E-state index >= 15 is 0 Å². The largest absolute Gasteiger partial charge is 0.508 e. The van der Waals surface area contributed by atoms with Gasteiger partial charge in [-0.3, -0.25) is 4.79 Å². The van der Waals surface area contributed by atoms with Gasteiger partial charge in [-0.05, 0) is 36.8 Å². The van der Waals surface area contributed by atoms with Gasteiger partial charge in [0.05, 0.1) is 5.54 Å². The number of carbonyl (C=O) groups excluding carboxylic acids is 1. The Hall–Kier alpha value is -2.32. The van der Waals surface area contributed by atoms with Crippen molar-refractivity contribution in [3.63, 3.8) is 0 Å². The summed E-state index contributed by atoms with van der Waals surface area (Å²) in [4.78, 5) is 15.9. The average Bonchev–Trinajstić information content (AvgIpc) is 3.04. The highest BCUT2D eigenvalue weighted by Gasteiger charge is 2.43. The number of hydrogen-bond acceptors (Lipinski definition) is 2. The number of para-hydroxylation sites is 1. The molecule has 1 aliphatic rings. The summed E-state index contributed by atoms with van der Waals surface area (Å²) < 4.78 is 0. The first-order valence-corrected chi connectivity index (χ1v) is 8.32. The summed E-state index contributed by atoms with van der Waals surface area (Å²) in [7, 11) is 2.73. The zero-order chi connectivity index (χ0) is 16.2. The number of phenols is 1. The maximum Gasteiger partial charge on any atom is 0.252 e. The quantitative estimate of drug-likeness (QED) is 0.634. The fourth-order valence-corrected chi connectivity index (χ4v) is 3.93. The highest BCUT2D eigenvalue weighted by atomic mass is 31.0. The summed E-state index contributed by atoms with van der Waals surface area (Å²) in [6, 6.07) is 13.0. The fraction of sp³-hybridized carbons (Fsp3) is 0.167. The average molecular weight is 324 g/mol. The van der Waals surface area contributed by atoms with E-state index in [2.05, 4.69) is 25.6 Å². The van der Waals surface area contributed by atoms with Gasteiger partial charge in [0.2, 0.25) is 0 Å². The molecule has 0 bridgehead atoms. The number of fused-ring (bicyclic) bond motifs is 2. The van der Waals surface area contributed by atoms with Gasteiger partial charge < -0.3 is 15.4 Å². The molecule has 116 valence electrons. The van der Waals surface area contributed by atoms with Crippen LogP contribution in [0.25, 0.3) is 10.9 Å². The molecule has 5 heteroatoms. The van der Waals surface area contributed by atoms with Crippen LogP contribution >= 0.6 is 9.24 Å². The number of benzene rings is 2. The van der Waals surface area contributed by atoms with Gasteiger partial charge in [0.15, 0.2) is 0 Å². The fourth-order valence-electron chi connectivity index (χ4n) is 3.62. The summed E-state index contributed by atoms with van der Waals surface area (Å²) in [6.07, 6.45) is 0.754. The number of phenolic OH excluding ortho intramolecular Hbond substituents is 1. The molecule has 23 heavy (non-hydrogen) atoms. The van der Waals surface area contributed by atoms with Gasteiger partial charge in [0, 0.05) is 33.9 Å². The molecule has 0 aliphatic carbocycles. The topological polar surface area (TPSA) is 65.1 Å². The number of aromatic amines is 1. The minimum absolute atomic E-state index is 0.109. The van der Waals surface area contributed by atoms with Crippen molar-refractivity contribution in [3.05, 3.63) is 64.8 Å². The van der Waals surface area contributed by atoms with E-state index in [0.29, 0.717) is 5.56 Å². The Morgan fingerprint density at radius 2 is 2.00 bits per heavy atom. The Balaban J connectivity index is 2.06. The first-order chi connectivity index (χ1) is 11.0. The van der Waals surface area contributed by atoms with Crippen LogP contribution in [0.3, 0.4) is 0 Å². The van der Waals surface area contributed by atoms with E-state index in [1.165, 1.54) is 0 Å². The normalized spacial score (nSPS) is 19.8. The maximum absolute atomic E-state index is 12.4. The summed E-state index contributed by atoms with van der Waals surface area (Å²) in [6.45, 7) is 2.00. The zero-order valence-corrected chi connectivity index (χ0v) is 13.8. The van der Waals surface area contributed by atoms with Gasteiger partial charge in [-0.2, -0.15) is 0 Å². The number of aromatic hydroxyl groups is 1. The zero-order valence-electron chi connectivity index (χ0n) is 12.7. The number of H-pyrrole nitrogens is 1. The molecule has 0 spiro atoms. The van der Waals surface area contributed by atoms with E-state index in [1.807, 2.05) is 25.1 Å². The van der Waals surface area contributed by atoms with Crippen molar-refractivity contribution < 1.29 is 9.90 Å². The van der Waals surface area contributed by atoms with Crippen LogP contribution in [-0.4, -0.2) is 16.0 Å². The monoisotopic (exact) mass is 324 g/mol. The van der Waals surface area contributed by atoms with Crippen molar-refractivity contribution in [3.8, 4) is 5.75 Å². The van der Waals surface area contributed by atoms with Crippen LogP contribution in [0.4, 0.5) is 0 Å². The van der Waals surface area contributed by atoms with Crippen molar-refractivity contribution in [2.24, 2.45) is 0 Å². The van der Waals surface area contributed by atoms with E-state index in [4.69, 9.17) is 0 Å². The summed E-state index contributed by atoms with van der Waals surface area (Å²) >= 11 is 0. The Morgan fingerprint density at radius 3 is 2.78 bits per heavy atom. The summed E-state index contributed by atoms with van der Waals surface area (Å²) in [5.41, 5.74) is 3.92. The number of carbonyl (C=O) groups is 1. The molecule has 3 aromatic rings. The van der Waals surface area contributed by atoms with Crippen LogP contribution in [-0.2, 0) is 11.7 Å². The van der Waals surface area contributed by atoms with Crippen molar-refractivity contribution in [2.75, 3.05) is 0 Å². The highest BCUT2D eigenvalue weighted by Crippen LogP contribution is 2.43. The summed E-state index contributed by atoms with van der Waals surface area (Å²) in [5, 5.41) is 14.1. The Morgan fingerprint density at radius 1 is 1.22 bits per heavy atom. The Labute approximate surface area is 136 Å².